The molecule has 2 amide bonds. The van der Waals surface area contributed by atoms with Gasteiger partial charge in [0, 0.05) is 35.7 Å². The molecule has 27 heavy (non-hydrogen) atoms. The number of furan rings is 1. The number of para-hydroxylation sites is 1. The molecule has 0 saturated heterocycles. The summed E-state index contributed by atoms with van der Waals surface area (Å²) in [6, 6.07) is 12.2. The number of rotatable bonds is 5. The first-order valence-corrected chi connectivity index (χ1v) is 8.51. The van der Waals surface area contributed by atoms with Crippen LogP contribution in [-0.2, 0) is 22.6 Å². The van der Waals surface area contributed by atoms with E-state index in [9.17, 15) is 14.4 Å². The number of fused-ring (bicyclic) bond motifs is 1. The molecule has 0 bridgehead atoms. The summed E-state index contributed by atoms with van der Waals surface area (Å²) in [6.45, 7) is 1.79. The summed E-state index contributed by atoms with van der Waals surface area (Å²) in [5.41, 5.74) is 5.88. The molecule has 0 fully saturated rings. The first kappa shape index (κ1) is 18.2. The van der Waals surface area contributed by atoms with Crippen LogP contribution in [0.15, 0.2) is 63.9 Å². The number of pyridine rings is 1. The van der Waals surface area contributed by atoms with E-state index in [2.05, 4.69) is 10.9 Å². The number of amides is 2. The normalized spacial score (nSPS) is 11.0. The van der Waals surface area contributed by atoms with E-state index in [1.165, 1.54) is 22.9 Å². The molecular weight excluding hydrogens is 346 g/mol. The molecule has 7 nitrogen and oxygen atoms in total. The zero-order valence-corrected chi connectivity index (χ0v) is 14.8. The number of carbonyl (C=O) groups excluding carboxylic acids is 2. The Balaban J connectivity index is 1.62. The zero-order chi connectivity index (χ0) is 19.2. The van der Waals surface area contributed by atoms with Crippen LogP contribution in [0.2, 0.25) is 0 Å². The Morgan fingerprint density at radius 2 is 1.89 bits per heavy atom. The lowest BCUT2D eigenvalue weighted by atomic mass is 10.1. The van der Waals surface area contributed by atoms with E-state index in [1.807, 2.05) is 31.2 Å². The second-order valence-corrected chi connectivity index (χ2v) is 5.83. The van der Waals surface area contributed by atoms with Crippen LogP contribution in [0, 0.1) is 0 Å². The van der Waals surface area contributed by atoms with Crippen molar-refractivity contribution in [3.8, 4) is 0 Å². The highest BCUT2D eigenvalue weighted by Gasteiger charge is 2.10. The number of nitrogens with zero attached hydrogens (tertiary/aromatic N) is 1. The number of hydrogen-bond donors (Lipinski definition) is 2. The molecule has 0 atom stereocenters. The van der Waals surface area contributed by atoms with Crippen LogP contribution in [-0.4, -0.2) is 16.4 Å². The maximum absolute atomic E-state index is 12.0. The second kappa shape index (κ2) is 8.18. The van der Waals surface area contributed by atoms with Crippen LogP contribution in [0.3, 0.4) is 0 Å². The molecule has 0 aliphatic rings. The smallest absolute Gasteiger partial charge is 0.262 e. The van der Waals surface area contributed by atoms with E-state index >= 15 is 0 Å². The van der Waals surface area contributed by atoms with Gasteiger partial charge in [0.15, 0.2) is 0 Å². The van der Waals surface area contributed by atoms with E-state index in [4.69, 9.17) is 4.42 Å². The maximum atomic E-state index is 12.0. The van der Waals surface area contributed by atoms with Crippen LogP contribution in [0.4, 0.5) is 0 Å². The van der Waals surface area contributed by atoms with Crippen LogP contribution >= 0.6 is 0 Å². The minimum atomic E-state index is -0.506. The number of aromatic nitrogens is 1. The number of carbonyl (C=O) groups is 2. The van der Waals surface area contributed by atoms with E-state index < -0.39 is 11.8 Å². The van der Waals surface area contributed by atoms with Gasteiger partial charge in [-0.05, 0) is 18.2 Å². The van der Waals surface area contributed by atoms with Gasteiger partial charge in [-0.3, -0.25) is 25.2 Å². The molecule has 3 aromatic rings. The monoisotopic (exact) mass is 365 g/mol. The molecule has 2 heterocycles. The lowest BCUT2D eigenvalue weighted by Crippen LogP contribution is -2.43. The molecular formula is C20H19N3O4. The molecule has 0 aliphatic heterocycles. The molecule has 2 aromatic heterocycles. The van der Waals surface area contributed by atoms with Gasteiger partial charge < -0.3 is 8.98 Å². The number of nitrogens with one attached hydrogen (secondary N) is 2. The minimum absolute atomic E-state index is 0.185. The summed E-state index contributed by atoms with van der Waals surface area (Å²) < 4.78 is 7.01. The van der Waals surface area contributed by atoms with Crippen molar-refractivity contribution in [2.75, 3.05) is 0 Å². The quantitative estimate of drug-likeness (QED) is 0.534. The third-order valence-electron chi connectivity index (χ3n) is 3.97. The van der Waals surface area contributed by atoms with Crippen molar-refractivity contribution in [2.45, 2.75) is 19.9 Å². The fraction of sp³-hybridized carbons (Fsp3) is 0.150. The van der Waals surface area contributed by atoms with Crippen LogP contribution < -0.4 is 16.4 Å². The molecule has 0 aliphatic carbocycles. The van der Waals surface area contributed by atoms with E-state index in [0.29, 0.717) is 6.42 Å². The summed E-state index contributed by atoms with van der Waals surface area (Å²) in [5, 5.41) is 0.922. The average molecular weight is 365 g/mol. The third kappa shape index (κ3) is 4.33. The average Bonchev–Trinajstić information content (AvgIpc) is 3.04. The summed E-state index contributed by atoms with van der Waals surface area (Å²) >= 11 is 0. The second-order valence-electron chi connectivity index (χ2n) is 5.83. The highest BCUT2D eigenvalue weighted by atomic mass is 16.3. The summed E-state index contributed by atoms with van der Waals surface area (Å²) in [7, 11) is 0. The number of aryl methyl sites for hydroxylation is 1. The molecule has 7 heteroatoms. The van der Waals surface area contributed by atoms with Gasteiger partial charge >= 0.3 is 0 Å². The highest BCUT2D eigenvalue weighted by Crippen LogP contribution is 2.27. The standard InChI is InChI=1S/C20H19N3O4/c1-2-16-15(14-7-3-4-8-17(14)27-16)10-11-18(24)21-22-19(25)13-23-12-6-5-9-20(23)26/h3-12H,2,13H2,1H3,(H,21,24)(H,22,25)/b11-10+. The molecule has 138 valence electrons. The van der Waals surface area contributed by atoms with E-state index in [1.54, 1.807) is 18.2 Å². The van der Waals surface area contributed by atoms with Crippen molar-refractivity contribution in [1.29, 1.82) is 0 Å². The van der Waals surface area contributed by atoms with Gasteiger partial charge in [-0.25, -0.2) is 0 Å². The number of hydrogen-bond acceptors (Lipinski definition) is 4. The van der Waals surface area contributed by atoms with E-state index in [0.717, 1.165) is 22.3 Å². The largest absolute Gasteiger partial charge is 0.460 e. The molecule has 1 aromatic carbocycles. The fourth-order valence-electron chi connectivity index (χ4n) is 2.68. The molecule has 3 rings (SSSR count). The predicted octanol–water partition coefficient (Wildman–Crippen LogP) is 2.02. The Hall–Kier alpha value is -3.61. The zero-order valence-electron chi connectivity index (χ0n) is 14.8. The van der Waals surface area contributed by atoms with Crippen molar-refractivity contribution in [1.82, 2.24) is 15.4 Å². The van der Waals surface area contributed by atoms with Gasteiger partial charge in [0.1, 0.15) is 17.9 Å². The minimum Gasteiger partial charge on any atom is -0.460 e. The van der Waals surface area contributed by atoms with Gasteiger partial charge in [0.25, 0.3) is 17.4 Å². The maximum Gasteiger partial charge on any atom is 0.262 e. The van der Waals surface area contributed by atoms with Crippen molar-refractivity contribution in [3.63, 3.8) is 0 Å². The summed E-state index contributed by atoms with van der Waals surface area (Å²) in [6.07, 6.45) is 5.18. The Morgan fingerprint density at radius 1 is 1.11 bits per heavy atom. The topological polar surface area (TPSA) is 93.3 Å². The van der Waals surface area contributed by atoms with Gasteiger partial charge in [-0.1, -0.05) is 31.2 Å². The number of hydrazine groups is 1. The van der Waals surface area contributed by atoms with Gasteiger partial charge in [-0.15, -0.1) is 0 Å². The van der Waals surface area contributed by atoms with Gasteiger partial charge in [0.2, 0.25) is 0 Å². The molecule has 0 radical (unpaired) electrons. The van der Waals surface area contributed by atoms with Crippen molar-refractivity contribution < 1.29 is 14.0 Å². The molecule has 0 saturated carbocycles. The fourth-order valence-corrected chi connectivity index (χ4v) is 2.68. The molecule has 0 spiro atoms. The summed E-state index contributed by atoms with van der Waals surface area (Å²) in [4.78, 5) is 35.4. The Bertz CT molecular complexity index is 1060. The van der Waals surface area contributed by atoms with Gasteiger partial charge in [-0.2, -0.15) is 0 Å². The van der Waals surface area contributed by atoms with Crippen LogP contribution in [0.5, 0.6) is 0 Å². The van der Waals surface area contributed by atoms with Crippen molar-refractivity contribution in [2.24, 2.45) is 0 Å². The molecule has 0 unspecified atom stereocenters. The first-order chi connectivity index (χ1) is 13.1. The van der Waals surface area contributed by atoms with Crippen LogP contribution in [0.1, 0.15) is 18.2 Å². The molecule has 2 N–H and O–H groups in total. The first-order valence-electron chi connectivity index (χ1n) is 8.51. The third-order valence-corrected chi connectivity index (χ3v) is 3.97. The highest BCUT2D eigenvalue weighted by molar-refractivity contribution is 5.97. The number of benzene rings is 1. The van der Waals surface area contributed by atoms with Crippen LogP contribution in [0.25, 0.3) is 17.0 Å². The summed E-state index contributed by atoms with van der Waals surface area (Å²) in [5.74, 6) is -0.211. The van der Waals surface area contributed by atoms with E-state index in [-0.39, 0.29) is 12.1 Å². The Morgan fingerprint density at radius 3 is 2.67 bits per heavy atom. The van der Waals surface area contributed by atoms with Crippen molar-refractivity contribution >= 4 is 28.9 Å². The Kier molecular flexibility index (Phi) is 5.51. The lowest BCUT2D eigenvalue weighted by Gasteiger charge is -2.07. The van der Waals surface area contributed by atoms with Crippen molar-refractivity contribution in [3.05, 3.63) is 76.4 Å². The lowest BCUT2D eigenvalue weighted by molar-refractivity contribution is -0.127. The Labute approximate surface area is 155 Å². The predicted molar refractivity (Wildman–Crippen MR) is 102 cm³/mol. The SMILES string of the molecule is CCc1oc2ccccc2c1/C=C/C(=O)NNC(=O)Cn1ccccc1=O. The van der Waals surface area contributed by atoms with Gasteiger partial charge in [0.05, 0.1) is 0 Å².